The Balaban J connectivity index is 2.61. The van der Waals surface area contributed by atoms with Crippen molar-refractivity contribution in [2.45, 2.75) is 11.3 Å². The van der Waals surface area contributed by atoms with Crippen LogP contribution in [0.3, 0.4) is 0 Å². The molecule has 0 aliphatic carbocycles. The number of ether oxygens (including phenoxy) is 1. The molecule has 0 spiro atoms. The molecular formula is C9H10N4O5S2. The van der Waals surface area contributed by atoms with Gasteiger partial charge < -0.3 is 15.6 Å². The average molecular weight is 318 g/mol. The number of aliphatic hydroxyl groups is 1. The molecular weight excluding hydrogens is 308 g/mol. The average Bonchev–Trinajstić information content (AvgIpc) is 2.72. The maximum atomic E-state index is 11.8. The molecule has 0 aliphatic heterocycles. The van der Waals surface area contributed by atoms with Crippen molar-refractivity contribution in [2.24, 2.45) is 5.73 Å². The molecule has 3 N–H and O–H groups in total. The number of aryl methyl sites for hydroxylation is 1. The molecule has 0 fully saturated rings. The van der Waals surface area contributed by atoms with Crippen LogP contribution in [0.5, 0.6) is 5.88 Å². The topological polar surface area (TPSA) is 145 Å². The fraction of sp³-hybridized carbons (Fsp3) is 0.333. The van der Waals surface area contributed by atoms with Gasteiger partial charge in [-0.1, -0.05) is 11.3 Å². The Bertz CT molecular complexity index is 770. The molecule has 108 valence electrons. The lowest BCUT2D eigenvalue weighted by Gasteiger charge is -2.00. The number of aliphatic hydroxyl groups excluding tert-OH is 1. The largest absolute Gasteiger partial charge is 0.411 e. The third-order valence-electron chi connectivity index (χ3n) is 2.14. The standard InChI is InChI=1S/C9H10N4O5S2/c1-4-11-6(18-8(10)15)5-7(12-4)19-9(13-5)20(16,17)3-2-14/h14H,2-3H2,1H3,(H2,10,15). The lowest BCUT2D eigenvalue weighted by molar-refractivity contribution is 0.209. The zero-order valence-corrected chi connectivity index (χ0v) is 11.9. The van der Waals surface area contributed by atoms with Crippen LogP contribution in [0.1, 0.15) is 5.82 Å². The van der Waals surface area contributed by atoms with Crippen LogP contribution in [0.15, 0.2) is 4.34 Å². The molecule has 9 nitrogen and oxygen atoms in total. The van der Waals surface area contributed by atoms with E-state index in [0.717, 1.165) is 11.3 Å². The van der Waals surface area contributed by atoms with Crippen molar-refractivity contribution in [3.63, 3.8) is 0 Å². The Hall–Kier alpha value is -1.85. The van der Waals surface area contributed by atoms with Gasteiger partial charge in [-0.3, -0.25) is 0 Å². The number of aromatic nitrogens is 3. The van der Waals surface area contributed by atoms with Gasteiger partial charge in [0.2, 0.25) is 14.2 Å². The van der Waals surface area contributed by atoms with E-state index in [1.165, 1.54) is 0 Å². The number of primary amides is 1. The van der Waals surface area contributed by atoms with Crippen LogP contribution < -0.4 is 10.5 Å². The Morgan fingerprint density at radius 1 is 1.40 bits per heavy atom. The first-order valence-electron chi connectivity index (χ1n) is 5.29. The van der Waals surface area contributed by atoms with Crippen molar-refractivity contribution in [1.82, 2.24) is 15.0 Å². The highest BCUT2D eigenvalue weighted by molar-refractivity contribution is 7.93. The van der Waals surface area contributed by atoms with Crippen LogP contribution in [0, 0.1) is 6.92 Å². The predicted molar refractivity (Wildman–Crippen MR) is 69.3 cm³/mol. The molecule has 0 atom stereocenters. The Morgan fingerprint density at radius 2 is 2.10 bits per heavy atom. The summed E-state index contributed by atoms with van der Waals surface area (Å²) < 4.78 is 28.1. The van der Waals surface area contributed by atoms with Crippen LogP contribution >= 0.6 is 11.3 Å². The van der Waals surface area contributed by atoms with Gasteiger partial charge in [-0.15, -0.1) is 0 Å². The normalized spacial score (nSPS) is 11.7. The van der Waals surface area contributed by atoms with E-state index in [9.17, 15) is 13.2 Å². The summed E-state index contributed by atoms with van der Waals surface area (Å²) in [5.41, 5.74) is 4.95. The van der Waals surface area contributed by atoms with Crippen molar-refractivity contribution in [2.75, 3.05) is 12.4 Å². The summed E-state index contributed by atoms with van der Waals surface area (Å²) in [6, 6.07) is 0. The molecule has 0 aromatic carbocycles. The van der Waals surface area contributed by atoms with Crippen molar-refractivity contribution in [3.05, 3.63) is 5.82 Å². The van der Waals surface area contributed by atoms with Crippen LogP contribution in [0.4, 0.5) is 4.79 Å². The number of hydrogen-bond donors (Lipinski definition) is 2. The highest BCUT2D eigenvalue weighted by Crippen LogP contribution is 2.29. The monoisotopic (exact) mass is 318 g/mol. The molecule has 2 aromatic heterocycles. The van der Waals surface area contributed by atoms with Gasteiger partial charge in [0.05, 0.1) is 12.4 Å². The minimum absolute atomic E-state index is 0.0379. The van der Waals surface area contributed by atoms with Gasteiger partial charge in [-0.05, 0) is 6.92 Å². The van der Waals surface area contributed by atoms with Gasteiger partial charge in [-0.2, -0.15) is 4.98 Å². The lowest BCUT2D eigenvalue weighted by atomic mass is 10.5. The van der Waals surface area contributed by atoms with Crippen molar-refractivity contribution >= 4 is 37.6 Å². The minimum atomic E-state index is -3.71. The summed E-state index contributed by atoms with van der Waals surface area (Å²) in [5, 5.41) is 8.74. The van der Waals surface area contributed by atoms with E-state index < -0.39 is 28.3 Å². The number of thiazole rings is 1. The molecule has 2 rings (SSSR count). The Kier molecular flexibility index (Phi) is 3.83. The molecule has 0 saturated heterocycles. The third-order valence-corrected chi connectivity index (χ3v) is 5.24. The summed E-state index contributed by atoms with van der Waals surface area (Å²) in [6.07, 6.45) is -1.09. The van der Waals surface area contributed by atoms with Crippen molar-refractivity contribution < 1.29 is 23.1 Å². The summed E-state index contributed by atoms with van der Waals surface area (Å²) in [5.74, 6) is -0.365. The van der Waals surface area contributed by atoms with Crippen LogP contribution in [0.2, 0.25) is 0 Å². The summed E-state index contributed by atoms with van der Waals surface area (Å²) >= 11 is 0.806. The summed E-state index contributed by atoms with van der Waals surface area (Å²) in [4.78, 5) is 22.8. The Morgan fingerprint density at radius 3 is 2.70 bits per heavy atom. The van der Waals surface area contributed by atoms with E-state index in [-0.39, 0.29) is 26.4 Å². The van der Waals surface area contributed by atoms with Crippen LogP contribution in [-0.2, 0) is 9.84 Å². The van der Waals surface area contributed by atoms with Crippen molar-refractivity contribution in [3.8, 4) is 5.88 Å². The number of fused-ring (bicyclic) bond motifs is 1. The fourth-order valence-corrected chi connectivity index (χ4v) is 3.74. The van der Waals surface area contributed by atoms with Crippen LogP contribution in [-0.4, -0.2) is 46.9 Å². The number of rotatable bonds is 4. The molecule has 11 heteroatoms. The van der Waals surface area contributed by atoms with Gasteiger partial charge in [0.1, 0.15) is 5.82 Å². The molecule has 0 bridgehead atoms. The molecule has 0 aliphatic rings. The number of nitrogens with zero attached hydrogens (tertiary/aromatic N) is 3. The molecule has 2 heterocycles. The van der Waals surface area contributed by atoms with Crippen LogP contribution in [0.25, 0.3) is 10.3 Å². The summed E-state index contributed by atoms with van der Waals surface area (Å²) in [7, 11) is -3.71. The van der Waals surface area contributed by atoms with E-state index in [1.54, 1.807) is 6.92 Å². The fourth-order valence-electron chi connectivity index (χ4n) is 1.39. The smallest absolute Gasteiger partial charge is 0.395 e. The second-order valence-electron chi connectivity index (χ2n) is 3.67. The van der Waals surface area contributed by atoms with Gasteiger partial charge in [-0.25, -0.2) is 23.2 Å². The zero-order valence-electron chi connectivity index (χ0n) is 10.2. The minimum Gasteiger partial charge on any atom is -0.395 e. The lowest BCUT2D eigenvalue weighted by Crippen LogP contribution is -2.17. The predicted octanol–water partition coefficient (Wildman–Crippen LogP) is -0.382. The second-order valence-corrected chi connectivity index (χ2v) is 6.93. The maximum absolute atomic E-state index is 11.8. The highest BCUT2D eigenvalue weighted by Gasteiger charge is 2.23. The maximum Gasteiger partial charge on any atom is 0.411 e. The van der Waals surface area contributed by atoms with E-state index in [1.807, 2.05) is 0 Å². The first-order chi connectivity index (χ1) is 9.33. The molecule has 0 saturated carbocycles. The van der Waals surface area contributed by atoms with Gasteiger partial charge in [0.15, 0.2) is 10.3 Å². The number of carbonyl (C=O) groups is 1. The number of hydrogen-bond acceptors (Lipinski definition) is 9. The van der Waals surface area contributed by atoms with Crippen molar-refractivity contribution in [1.29, 1.82) is 0 Å². The third kappa shape index (κ3) is 2.84. The number of sulfone groups is 1. The highest BCUT2D eigenvalue weighted by atomic mass is 32.2. The molecule has 20 heavy (non-hydrogen) atoms. The molecule has 0 radical (unpaired) electrons. The Labute approximate surface area is 117 Å². The number of amides is 1. The zero-order chi connectivity index (χ0) is 14.9. The quantitative estimate of drug-likeness (QED) is 0.775. The van der Waals surface area contributed by atoms with E-state index in [0.29, 0.717) is 0 Å². The van der Waals surface area contributed by atoms with Gasteiger partial charge in [0.25, 0.3) is 5.88 Å². The number of nitrogens with two attached hydrogens (primary N) is 1. The first-order valence-corrected chi connectivity index (χ1v) is 7.76. The van der Waals surface area contributed by atoms with E-state index in [2.05, 4.69) is 19.7 Å². The van der Waals surface area contributed by atoms with E-state index >= 15 is 0 Å². The number of carbonyl (C=O) groups excluding carboxylic acids is 1. The van der Waals surface area contributed by atoms with E-state index in [4.69, 9.17) is 10.8 Å². The SMILES string of the molecule is Cc1nc(OC(N)=O)c2nc(S(=O)(=O)CCO)sc2n1. The first kappa shape index (κ1) is 14.6. The second kappa shape index (κ2) is 5.26. The van der Waals surface area contributed by atoms with Gasteiger partial charge >= 0.3 is 6.09 Å². The molecule has 0 unspecified atom stereocenters. The van der Waals surface area contributed by atoms with Gasteiger partial charge in [0, 0.05) is 0 Å². The molecule has 2 aromatic rings. The summed E-state index contributed by atoms with van der Waals surface area (Å²) in [6.45, 7) is 1.03. The molecule has 1 amide bonds.